The van der Waals surface area contributed by atoms with Crippen LogP contribution in [-0.4, -0.2) is 18.2 Å². The number of nitroso groups, excluding NO2 is 1. The molecule has 1 aromatic rings. The molecule has 1 rings (SSSR count). The smallest absolute Gasteiger partial charge is 0.407 e. The van der Waals surface area contributed by atoms with E-state index in [4.69, 9.17) is 4.74 Å². The van der Waals surface area contributed by atoms with Crippen molar-refractivity contribution < 1.29 is 19.1 Å². The summed E-state index contributed by atoms with van der Waals surface area (Å²) >= 11 is 0. The molecule has 0 aliphatic heterocycles. The van der Waals surface area contributed by atoms with E-state index in [1.165, 1.54) is 17.3 Å². The van der Waals surface area contributed by atoms with Crippen LogP contribution in [0.25, 0.3) is 0 Å². The maximum absolute atomic E-state index is 13.1. The van der Waals surface area contributed by atoms with E-state index in [9.17, 15) is 14.1 Å². The van der Waals surface area contributed by atoms with Crippen molar-refractivity contribution in [3.8, 4) is 0 Å². The van der Waals surface area contributed by atoms with E-state index in [0.717, 1.165) is 5.56 Å². The molecule has 0 aliphatic carbocycles. The van der Waals surface area contributed by atoms with Gasteiger partial charge in [0.1, 0.15) is 5.60 Å². The number of ether oxygens (including phenoxy) is 1. The maximum Gasteiger partial charge on any atom is 0.407 e. The predicted octanol–water partition coefficient (Wildman–Crippen LogP) is 1.37. The van der Waals surface area contributed by atoms with Crippen molar-refractivity contribution in [3.63, 3.8) is 0 Å². The zero-order valence-corrected chi connectivity index (χ0v) is 11.2. The second-order valence-corrected chi connectivity index (χ2v) is 5.09. The molecule has 1 amide bonds. The van der Waals surface area contributed by atoms with Crippen molar-refractivity contribution >= 4 is 11.8 Å². The lowest BCUT2D eigenvalue weighted by Gasteiger charge is -2.19. The molecule has 5 nitrogen and oxygen atoms in total. The molecule has 104 valence electrons. The van der Waals surface area contributed by atoms with Crippen LogP contribution < -0.4 is 10.5 Å². The Morgan fingerprint density at radius 2 is 2.11 bits per heavy atom. The van der Waals surface area contributed by atoms with Crippen molar-refractivity contribution in [2.45, 2.75) is 32.8 Å². The Morgan fingerprint density at radius 1 is 1.42 bits per heavy atom. The Morgan fingerprint density at radius 3 is 2.68 bits per heavy atom. The van der Waals surface area contributed by atoms with Gasteiger partial charge < -0.3 is 10.1 Å². The van der Waals surface area contributed by atoms with E-state index < -0.39 is 17.5 Å². The van der Waals surface area contributed by atoms with Crippen LogP contribution in [0.1, 0.15) is 26.3 Å². The number of hydrogen-bond acceptors (Lipinski definition) is 3. The van der Waals surface area contributed by atoms with Crippen LogP contribution in [-0.2, 0) is 11.2 Å². The van der Waals surface area contributed by atoms with Gasteiger partial charge in [-0.1, -0.05) is 6.07 Å². The average Bonchev–Trinajstić information content (AvgIpc) is 2.29. The van der Waals surface area contributed by atoms with E-state index >= 15 is 0 Å². The van der Waals surface area contributed by atoms with E-state index in [1.54, 1.807) is 26.8 Å². The normalized spacial score (nSPS) is 10.9. The Bertz CT molecular complexity index is 469. The van der Waals surface area contributed by atoms with Crippen LogP contribution in [0.15, 0.2) is 18.2 Å². The molecule has 1 aromatic carbocycles. The zero-order valence-electron chi connectivity index (χ0n) is 11.2. The molecule has 19 heavy (non-hydrogen) atoms. The number of carbonyl (C=O) groups is 1. The Hall–Kier alpha value is -1.98. The summed E-state index contributed by atoms with van der Waals surface area (Å²) in [5.41, 5.74) is 0.102. The van der Waals surface area contributed by atoms with Gasteiger partial charge in [-0.05, 0) is 38.8 Å². The summed E-state index contributed by atoms with van der Waals surface area (Å²) in [7, 11) is 0. The summed E-state index contributed by atoms with van der Waals surface area (Å²) in [6.07, 6.45) is -0.0226. The van der Waals surface area contributed by atoms with Crippen LogP contribution in [0.2, 0.25) is 0 Å². The number of hydrogen-bond donors (Lipinski definition) is 2. The van der Waals surface area contributed by atoms with Crippen molar-refractivity contribution in [1.82, 2.24) is 5.32 Å². The highest BCUT2D eigenvalue weighted by Gasteiger charge is 2.15. The second-order valence-electron chi connectivity index (χ2n) is 5.09. The van der Waals surface area contributed by atoms with Crippen LogP contribution in [0.5, 0.6) is 0 Å². The Labute approximate surface area is 111 Å². The van der Waals surface area contributed by atoms with Gasteiger partial charge in [0.15, 0.2) is 5.82 Å². The van der Waals surface area contributed by atoms with Gasteiger partial charge in [-0.2, -0.15) is 4.39 Å². The van der Waals surface area contributed by atoms with Gasteiger partial charge in [-0.3, -0.25) is 0 Å². The quantitative estimate of drug-likeness (QED) is 0.867. The van der Waals surface area contributed by atoms with Gasteiger partial charge in [0.05, 0.1) is 0 Å². The first-order valence-corrected chi connectivity index (χ1v) is 5.95. The minimum Gasteiger partial charge on any atom is -0.444 e. The van der Waals surface area contributed by atoms with Crippen molar-refractivity contribution in [2.24, 2.45) is 0 Å². The number of alkyl carbamates (subject to hydrolysis) is 1. The highest BCUT2D eigenvalue weighted by Crippen LogP contribution is 2.11. The summed E-state index contributed by atoms with van der Waals surface area (Å²) in [5, 5.41) is 4.12. The average molecular weight is 269 g/mol. The third kappa shape index (κ3) is 5.46. The summed E-state index contributed by atoms with van der Waals surface area (Å²) < 4.78 is 18.1. The molecule has 0 aromatic heterocycles. The van der Waals surface area contributed by atoms with Crippen molar-refractivity contribution in [3.05, 3.63) is 34.5 Å². The fourth-order valence-corrected chi connectivity index (χ4v) is 1.43. The number of halogens is 1. The SMILES string of the molecule is CC(C)(C)OC(=O)NCCc1ccc(F)c([NH+]=O)c1. The van der Waals surface area contributed by atoms with Crippen LogP contribution in [0.3, 0.4) is 0 Å². The third-order valence-electron chi connectivity index (χ3n) is 2.22. The lowest BCUT2D eigenvalue weighted by Crippen LogP contribution is -2.56. The molecule has 2 N–H and O–H groups in total. The molecule has 0 fully saturated rings. The number of amides is 1. The topological polar surface area (TPSA) is 69.4 Å². The maximum atomic E-state index is 13.1. The molecule has 0 atom stereocenters. The highest BCUT2D eigenvalue weighted by molar-refractivity contribution is 5.67. The van der Waals surface area contributed by atoms with Crippen molar-refractivity contribution in [1.29, 1.82) is 0 Å². The second kappa shape index (κ2) is 6.26. The first-order valence-electron chi connectivity index (χ1n) is 5.95. The van der Waals surface area contributed by atoms with Gasteiger partial charge in [0, 0.05) is 22.7 Å². The molecule has 0 unspecified atom stereocenters. The van der Waals surface area contributed by atoms with Crippen LogP contribution in [0.4, 0.5) is 14.9 Å². The van der Waals surface area contributed by atoms with E-state index in [1.807, 2.05) is 0 Å². The van der Waals surface area contributed by atoms with Crippen LogP contribution >= 0.6 is 0 Å². The lowest BCUT2D eigenvalue weighted by molar-refractivity contribution is -0.382. The molecule has 0 heterocycles. The largest absolute Gasteiger partial charge is 0.444 e. The minimum absolute atomic E-state index is 0.102. The van der Waals surface area contributed by atoms with Gasteiger partial charge in [0.2, 0.25) is 0 Å². The minimum atomic E-state index is -0.598. The first kappa shape index (κ1) is 15.1. The first-order chi connectivity index (χ1) is 8.81. The summed E-state index contributed by atoms with van der Waals surface area (Å²) in [4.78, 5) is 21.8. The molecule has 0 saturated carbocycles. The molecular formula is C13H18FN2O3+. The number of benzene rings is 1. The fraction of sp³-hybridized carbons (Fsp3) is 0.462. The lowest BCUT2D eigenvalue weighted by atomic mass is 10.1. The van der Waals surface area contributed by atoms with E-state index in [-0.39, 0.29) is 5.69 Å². The standard InChI is InChI=1S/C13H17FN2O3/c1-13(2,3)19-12(17)15-7-6-9-4-5-10(14)11(8-9)16-18/h4-5,8H,6-7H2,1-3H3,(H,15,17)/p+1. The highest BCUT2D eigenvalue weighted by atomic mass is 19.1. The molecule has 0 spiro atoms. The third-order valence-corrected chi connectivity index (χ3v) is 2.22. The van der Waals surface area contributed by atoms with Gasteiger partial charge >= 0.3 is 6.09 Å². The van der Waals surface area contributed by atoms with Crippen LogP contribution in [0, 0.1) is 10.7 Å². The van der Waals surface area contributed by atoms with Crippen molar-refractivity contribution in [2.75, 3.05) is 6.54 Å². The Balaban J connectivity index is 2.45. The Kier molecular flexibility index (Phi) is 4.97. The number of rotatable bonds is 4. The molecule has 0 bridgehead atoms. The van der Waals surface area contributed by atoms with Gasteiger partial charge in [0.25, 0.3) is 5.69 Å². The molecular weight excluding hydrogens is 251 g/mol. The number of carbonyl (C=O) groups excluding carboxylic acids is 1. The monoisotopic (exact) mass is 269 g/mol. The van der Waals surface area contributed by atoms with E-state index in [2.05, 4.69) is 5.32 Å². The predicted molar refractivity (Wildman–Crippen MR) is 68.3 cm³/mol. The zero-order chi connectivity index (χ0) is 14.5. The fourth-order valence-electron chi connectivity index (χ4n) is 1.43. The molecule has 0 radical (unpaired) electrons. The van der Waals surface area contributed by atoms with Gasteiger partial charge in [-0.15, -0.1) is 0 Å². The summed E-state index contributed by atoms with van der Waals surface area (Å²) in [5.74, 6) is -0.598. The summed E-state index contributed by atoms with van der Waals surface area (Å²) in [6.45, 7) is 5.68. The van der Waals surface area contributed by atoms with E-state index in [0.29, 0.717) is 13.0 Å². The molecule has 0 saturated heterocycles. The molecule has 6 heteroatoms. The van der Waals surface area contributed by atoms with Gasteiger partial charge in [-0.25, -0.2) is 4.79 Å². The molecule has 0 aliphatic rings. The number of nitrogens with one attached hydrogen (secondary N) is 2. The summed E-state index contributed by atoms with van der Waals surface area (Å²) in [6, 6.07) is 4.19.